The van der Waals surface area contributed by atoms with Crippen molar-refractivity contribution in [3.05, 3.63) is 10.6 Å². The molecule has 1 aromatic rings. The van der Waals surface area contributed by atoms with Gasteiger partial charge in [0.2, 0.25) is 0 Å². The second kappa shape index (κ2) is 4.84. The Balaban J connectivity index is 2.11. The Morgan fingerprint density at radius 1 is 1.43 bits per heavy atom. The highest BCUT2D eigenvalue weighted by Crippen LogP contribution is 2.27. The Labute approximate surface area is 89.1 Å². The molecule has 0 aliphatic carbocycles. The molecule has 0 radical (unpaired) electrons. The number of aromatic nitrogens is 2. The van der Waals surface area contributed by atoms with E-state index in [9.17, 15) is 0 Å². The van der Waals surface area contributed by atoms with Crippen LogP contribution in [0, 0.1) is 0 Å². The molecule has 14 heavy (non-hydrogen) atoms. The predicted molar refractivity (Wildman–Crippen MR) is 58.5 cm³/mol. The summed E-state index contributed by atoms with van der Waals surface area (Å²) in [7, 11) is 0. The Morgan fingerprint density at radius 3 is 3.21 bits per heavy atom. The van der Waals surface area contributed by atoms with E-state index in [1.165, 1.54) is 36.3 Å². The molecular weight excluding hydrogens is 194 g/mol. The highest BCUT2D eigenvalue weighted by atomic mass is 32.1. The zero-order valence-corrected chi connectivity index (χ0v) is 9.44. The summed E-state index contributed by atoms with van der Waals surface area (Å²) in [5, 5.41) is 7.76. The first-order valence-electron chi connectivity index (χ1n) is 5.46. The summed E-state index contributed by atoms with van der Waals surface area (Å²) in [6, 6.07) is 0.521. The first-order chi connectivity index (χ1) is 6.92. The Bertz CT molecular complexity index is 277. The summed E-state index contributed by atoms with van der Waals surface area (Å²) in [6.07, 6.45) is 6.25. The van der Waals surface area contributed by atoms with E-state index in [0.717, 1.165) is 13.0 Å². The lowest BCUT2D eigenvalue weighted by Crippen LogP contribution is -2.20. The summed E-state index contributed by atoms with van der Waals surface area (Å²) in [6.45, 7) is 3.29. The average molecular weight is 211 g/mol. The van der Waals surface area contributed by atoms with Crippen LogP contribution in [0.15, 0.2) is 0 Å². The maximum absolute atomic E-state index is 4.17. The predicted octanol–water partition coefficient (Wildman–Crippen LogP) is 2.31. The minimum absolute atomic E-state index is 0.521. The van der Waals surface area contributed by atoms with Crippen LogP contribution in [0.2, 0.25) is 0 Å². The summed E-state index contributed by atoms with van der Waals surface area (Å²) in [5.41, 5.74) is 1.19. The van der Waals surface area contributed by atoms with Gasteiger partial charge in [0.25, 0.3) is 0 Å². The highest BCUT2D eigenvalue weighted by molar-refractivity contribution is 7.05. The molecule has 0 spiro atoms. The van der Waals surface area contributed by atoms with E-state index >= 15 is 0 Å². The zero-order valence-electron chi connectivity index (χ0n) is 8.62. The number of nitrogens with zero attached hydrogens (tertiary/aromatic N) is 2. The van der Waals surface area contributed by atoms with E-state index in [1.54, 1.807) is 11.5 Å². The number of hydrogen-bond donors (Lipinski definition) is 1. The molecule has 1 atom stereocenters. The third-order valence-corrected chi connectivity index (χ3v) is 3.68. The van der Waals surface area contributed by atoms with Gasteiger partial charge in [0.1, 0.15) is 0 Å². The SMILES string of the molecule is CCc1nnsc1C1CCCCCN1. The van der Waals surface area contributed by atoms with Crippen LogP contribution in [-0.2, 0) is 6.42 Å². The van der Waals surface area contributed by atoms with Crippen molar-refractivity contribution in [1.29, 1.82) is 0 Å². The fourth-order valence-electron chi connectivity index (χ4n) is 1.98. The number of nitrogens with one attached hydrogen (secondary N) is 1. The molecule has 1 aliphatic heterocycles. The van der Waals surface area contributed by atoms with Gasteiger partial charge in [-0.1, -0.05) is 24.3 Å². The molecule has 78 valence electrons. The van der Waals surface area contributed by atoms with Crippen LogP contribution >= 0.6 is 11.5 Å². The largest absolute Gasteiger partial charge is 0.309 e. The summed E-state index contributed by atoms with van der Waals surface area (Å²) < 4.78 is 4.05. The Kier molecular flexibility index (Phi) is 3.48. The van der Waals surface area contributed by atoms with Gasteiger partial charge in [0.05, 0.1) is 10.6 Å². The lowest BCUT2D eigenvalue weighted by atomic mass is 10.1. The first-order valence-corrected chi connectivity index (χ1v) is 6.23. The molecule has 2 heterocycles. The normalized spacial score (nSPS) is 23.4. The van der Waals surface area contributed by atoms with Gasteiger partial charge in [-0.15, -0.1) is 5.10 Å². The minimum atomic E-state index is 0.521. The van der Waals surface area contributed by atoms with Crippen LogP contribution in [0.5, 0.6) is 0 Å². The zero-order chi connectivity index (χ0) is 9.80. The van der Waals surface area contributed by atoms with E-state index in [4.69, 9.17) is 0 Å². The van der Waals surface area contributed by atoms with Gasteiger partial charge in [-0.25, -0.2) is 0 Å². The molecule has 1 unspecified atom stereocenters. The summed E-state index contributed by atoms with van der Waals surface area (Å²) >= 11 is 1.57. The first kappa shape index (κ1) is 10.1. The van der Waals surface area contributed by atoms with Gasteiger partial charge < -0.3 is 5.32 Å². The van der Waals surface area contributed by atoms with Crippen molar-refractivity contribution in [2.75, 3.05) is 6.54 Å². The molecule has 1 aliphatic rings. The van der Waals surface area contributed by atoms with Crippen LogP contribution in [-0.4, -0.2) is 16.1 Å². The summed E-state index contributed by atoms with van der Waals surface area (Å²) in [5.74, 6) is 0. The molecule has 1 N–H and O–H groups in total. The number of hydrogen-bond acceptors (Lipinski definition) is 4. The monoisotopic (exact) mass is 211 g/mol. The van der Waals surface area contributed by atoms with Crippen molar-refractivity contribution in [3.63, 3.8) is 0 Å². The fourth-order valence-corrected chi connectivity index (χ4v) is 2.82. The standard InChI is InChI=1S/C10H17N3S/c1-2-8-10(14-13-12-8)9-6-4-3-5-7-11-9/h9,11H,2-7H2,1H3. The molecule has 1 aromatic heterocycles. The molecule has 4 heteroatoms. The van der Waals surface area contributed by atoms with Crippen molar-refractivity contribution in [3.8, 4) is 0 Å². The van der Waals surface area contributed by atoms with E-state index in [1.807, 2.05) is 0 Å². The van der Waals surface area contributed by atoms with E-state index < -0.39 is 0 Å². The van der Waals surface area contributed by atoms with Gasteiger partial charge in [0, 0.05) is 6.04 Å². The van der Waals surface area contributed by atoms with Crippen molar-refractivity contribution < 1.29 is 0 Å². The molecule has 0 bridgehead atoms. The molecule has 1 fully saturated rings. The second-order valence-electron chi connectivity index (χ2n) is 3.79. The minimum Gasteiger partial charge on any atom is -0.309 e. The molecule has 0 saturated carbocycles. The molecule has 0 aromatic carbocycles. The second-order valence-corrected chi connectivity index (χ2v) is 4.58. The highest BCUT2D eigenvalue weighted by Gasteiger charge is 2.19. The maximum Gasteiger partial charge on any atom is 0.0800 e. The topological polar surface area (TPSA) is 37.8 Å². The Morgan fingerprint density at radius 2 is 2.36 bits per heavy atom. The number of rotatable bonds is 2. The van der Waals surface area contributed by atoms with Crippen LogP contribution < -0.4 is 5.32 Å². The van der Waals surface area contributed by atoms with Crippen LogP contribution in [0.25, 0.3) is 0 Å². The van der Waals surface area contributed by atoms with E-state index in [-0.39, 0.29) is 0 Å². The van der Waals surface area contributed by atoms with Gasteiger partial charge in [-0.2, -0.15) is 0 Å². The van der Waals surface area contributed by atoms with Crippen molar-refractivity contribution in [2.24, 2.45) is 0 Å². The number of aryl methyl sites for hydroxylation is 1. The summed E-state index contributed by atoms with van der Waals surface area (Å²) in [4.78, 5) is 1.37. The van der Waals surface area contributed by atoms with E-state index in [2.05, 4.69) is 21.8 Å². The molecular formula is C10H17N3S. The average Bonchev–Trinajstić information content (AvgIpc) is 2.52. The van der Waals surface area contributed by atoms with Gasteiger partial charge in [0.15, 0.2) is 0 Å². The van der Waals surface area contributed by atoms with Gasteiger partial charge >= 0.3 is 0 Å². The smallest absolute Gasteiger partial charge is 0.0800 e. The lowest BCUT2D eigenvalue weighted by Gasteiger charge is -2.13. The van der Waals surface area contributed by atoms with Crippen molar-refractivity contribution >= 4 is 11.5 Å². The van der Waals surface area contributed by atoms with Crippen LogP contribution in [0.1, 0.15) is 49.2 Å². The maximum atomic E-state index is 4.17. The van der Waals surface area contributed by atoms with Crippen molar-refractivity contribution in [2.45, 2.75) is 45.1 Å². The lowest BCUT2D eigenvalue weighted by molar-refractivity contribution is 0.538. The Hall–Kier alpha value is -0.480. The van der Waals surface area contributed by atoms with Gasteiger partial charge in [-0.3, -0.25) is 0 Å². The molecule has 2 rings (SSSR count). The molecule has 1 saturated heterocycles. The fraction of sp³-hybridized carbons (Fsp3) is 0.800. The third kappa shape index (κ3) is 2.12. The van der Waals surface area contributed by atoms with Crippen molar-refractivity contribution in [1.82, 2.24) is 14.9 Å². The van der Waals surface area contributed by atoms with Crippen LogP contribution in [0.3, 0.4) is 0 Å². The quantitative estimate of drug-likeness (QED) is 0.815. The van der Waals surface area contributed by atoms with Gasteiger partial charge in [-0.05, 0) is 37.3 Å². The molecule has 0 amide bonds. The third-order valence-electron chi connectivity index (χ3n) is 2.80. The van der Waals surface area contributed by atoms with E-state index in [0.29, 0.717) is 6.04 Å². The van der Waals surface area contributed by atoms with Crippen LogP contribution in [0.4, 0.5) is 0 Å². The molecule has 3 nitrogen and oxygen atoms in total.